The number of aryl methyl sites for hydroxylation is 1. The number of imide groups is 1. The number of aliphatic hydroxyl groups is 1. The monoisotopic (exact) mass is 605 g/mol. The number of benzene rings is 3. The molecule has 3 aromatic heterocycles. The molecular formula is C38H31N5O3. The Morgan fingerprint density at radius 2 is 1.43 bits per heavy atom. The Hall–Kier alpha value is -5.21. The van der Waals surface area contributed by atoms with Gasteiger partial charge in [-0.2, -0.15) is 9.61 Å². The molecule has 3 aliphatic rings. The second kappa shape index (κ2) is 9.40. The maximum Gasteiger partial charge on any atom is 0.262 e. The predicted octanol–water partition coefficient (Wildman–Crippen LogP) is 6.83. The molecule has 2 aliphatic carbocycles. The number of hydrogen-bond acceptors (Lipinski definition) is 6. The number of hydrogen-bond donors (Lipinski definition) is 1. The maximum atomic E-state index is 13.6. The van der Waals surface area contributed by atoms with Crippen LogP contribution in [0.2, 0.25) is 0 Å². The van der Waals surface area contributed by atoms with Crippen molar-refractivity contribution in [2.45, 2.75) is 56.6 Å². The summed E-state index contributed by atoms with van der Waals surface area (Å²) in [4.78, 5) is 38.8. The van der Waals surface area contributed by atoms with Gasteiger partial charge in [0.1, 0.15) is 0 Å². The van der Waals surface area contributed by atoms with Crippen molar-refractivity contribution in [2.75, 3.05) is 0 Å². The fraction of sp³-hybridized carbons (Fsp3) is 0.237. The van der Waals surface area contributed by atoms with Gasteiger partial charge in [0, 0.05) is 41.3 Å². The van der Waals surface area contributed by atoms with Crippen molar-refractivity contribution < 1.29 is 14.7 Å². The van der Waals surface area contributed by atoms with Crippen molar-refractivity contribution >= 4 is 28.5 Å². The molecule has 2 fully saturated rings. The van der Waals surface area contributed by atoms with E-state index in [2.05, 4.69) is 24.3 Å². The molecule has 8 heteroatoms. The Labute approximate surface area is 265 Å². The molecule has 3 aromatic carbocycles. The lowest BCUT2D eigenvalue weighted by Gasteiger charge is -2.55. The van der Waals surface area contributed by atoms with Crippen molar-refractivity contribution in [3.63, 3.8) is 0 Å². The summed E-state index contributed by atoms with van der Waals surface area (Å²) in [7, 11) is 0. The first-order valence-corrected chi connectivity index (χ1v) is 15.8. The van der Waals surface area contributed by atoms with Gasteiger partial charge in [-0.15, -0.1) is 0 Å². The van der Waals surface area contributed by atoms with Gasteiger partial charge in [-0.05, 0) is 56.0 Å². The first-order valence-electron chi connectivity index (χ1n) is 15.8. The van der Waals surface area contributed by atoms with Crippen molar-refractivity contribution in [1.29, 1.82) is 0 Å². The fourth-order valence-electron chi connectivity index (χ4n) is 7.64. The van der Waals surface area contributed by atoms with Gasteiger partial charge in [0.25, 0.3) is 11.8 Å². The molecule has 1 N–H and O–H groups in total. The van der Waals surface area contributed by atoms with Crippen LogP contribution in [0.1, 0.15) is 76.2 Å². The summed E-state index contributed by atoms with van der Waals surface area (Å²) in [5.74, 6) is -0.143. The van der Waals surface area contributed by atoms with Gasteiger partial charge in [0.15, 0.2) is 11.3 Å². The molecule has 6 aromatic rings. The highest BCUT2D eigenvalue weighted by molar-refractivity contribution is 6.22. The lowest BCUT2D eigenvalue weighted by Crippen LogP contribution is -2.63. The number of carbonyl (C=O) groups is 2. The van der Waals surface area contributed by atoms with Crippen LogP contribution in [-0.4, -0.2) is 47.0 Å². The van der Waals surface area contributed by atoms with Crippen LogP contribution >= 0.6 is 0 Å². The van der Waals surface area contributed by atoms with Crippen LogP contribution < -0.4 is 0 Å². The van der Waals surface area contributed by atoms with E-state index in [-0.39, 0.29) is 24.7 Å². The zero-order valence-electron chi connectivity index (χ0n) is 25.6. The van der Waals surface area contributed by atoms with E-state index >= 15 is 0 Å². The molecule has 226 valence electrons. The number of fused-ring (bicyclic) bond motifs is 4. The van der Waals surface area contributed by atoms with E-state index in [0.717, 1.165) is 68.9 Å². The topological polar surface area (TPSA) is 101 Å². The van der Waals surface area contributed by atoms with Crippen LogP contribution in [0.15, 0.2) is 91.0 Å². The van der Waals surface area contributed by atoms with Crippen molar-refractivity contribution in [3.8, 4) is 22.4 Å². The van der Waals surface area contributed by atoms with Crippen molar-refractivity contribution in [1.82, 2.24) is 24.5 Å². The molecule has 8 nitrogen and oxygen atoms in total. The van der Waals surface area contributed by atoms with Crippen molar-refractivity contribution in [2.24, 2.45) is 0 Å². The van der Waals surface area contributed by atoms with Crippen LogP contribution in [-0.2, 0) is 5.54 Å². The molecule has 1 aliphatic heterocycles. The molecule has 0 radical (unpaired) electrons. The number of aromatic nitrogens is 4. The van der Waals surface area contributed by atoms with E-state index in [1.807, 2.05) is 53.9 Å². The summed E-state index contributed by atoms with van der Waals surface area (Å²) in [6.07, 6.45) is 2.84. The molecule has 2 saturated carbocycles. The summed E-state index contributed by atoms with van der Waals surface area (Å²) >= 11 is 0. The van der Waals surface area contributed by atoms with E-state index in [0.29, 0.717) is 17.0 Å². The smallest absolute Gasteiger partial charge is 0.262 e. The molecule has 2 amide bonds. The molecule has 0 saturated heterocycles. The predicted molar refractivity (Wildman–Crippen MR) is 174 cm³/mol. The average molecular weight is 606 g/mol. The van der Waals surface area contributed by atoms with Gasteiger partial charge in [-0.25, -0.2) is 9.97 Å². The average Bonchev–Trinajstić information content (AvgIpc) is 3.77. The highest BCUT2D eigenvalue weighted by Gasteiger charge is 2.60. The molecule has 0 unspecified atom stereocenters. The Balaban J connectivity index is 1.19. The molecule has 4 heterocycles. The van der Waals surface area contributed by atoms with Gasteiger partial charge in [0.2, 0.25) is 0 Å². The van der Waals surface area contributed by atoms with Crippen LogP contribution in [0.3, 0.4) is 0 Å². The second-order valence-electron chi connectivity index (χ2n) is 13.4. The first kappa shape index (κ1) is 27.1. The van der Waals surface area contributed by atoms with Gasteiger partial charge >= 0.3 is 0 Å². The quantitative estimate of drug-likeness (QED) is 0.216. The number of pyridine rings is 1. The summed E-state index contributed by atoms with van der Waals surface area (Å²) in [5, 5.41) is 16.8. The first-order chi connectivity index (χ1) is 22.2. The maximum absolute atomic E-state index is 13.6. The molecular weight excluding hydrogens is 574 g/mol. The van der Waals surface area contributed by atoms with Crippen molar-refractivity contribution in [3.05, 3.63) is 119 Å². The highest BCUT2D eigenvalue weighted by atomic mass is 16.3. The molecule has 0 atom stereocenters. The highest BCUT2D eigenvalue weighted by Crippen LogP contribution is 2.54. The van der Waals surface area contributed by atoms with Gasteiger partial charge in [0.05, 0.1) is 39.3 Å². The van der Waals surface area contributed by atoms with Gasteiger partial charge in [-0.1, -0.05) is 66.7 Å². The number of amides is 2. The summed E-state index contributed by atoms with van der Waals surface area (Å²) < 4.78 is 1.87. The largest absolute Gasteiger partial charge is 0.390 e. The van der Waals surface area contributed by atoms with Crippen LogP contribution in [0.4, 0.5) is 0 Å². The minimum Gasteiger partial charge on any atom is -0.390 e. The normalized spacial score (nSPS) is 22.5. The molecule has 0 spiro atoms. The van der Waals surface area contributed by atoms with Crippen LogP contribution in [0.25, 0.3) is 39.1 Å². The standard InChI is InChI=1S/C38H31N5O3/c1-22-29-18-30(23-8-4-3-5-9-23)33(40-34(29)43-32(39-22)19-31(41-43)24-12-13-24)25-14-16-26(17-15-25)38(20-37(2,46)21-38)42-35(44)27-10-6-7-11-28(27)36(42)45/h3-11,14-19,24,46H,12-13,20-21H2,1-2H3/t37-,38-. The Kier molecular flexibility index (Phi) is 5.55. The van der Waals surface area contributed by atoms with E-state index < -0.39 is 11.1 Å². The summed E-state index contributed by atoms with van der Waals surface area (Å²) in [6, 6.07) is 29.3. The zero-order valence-corrected chi connectivity index (χ0v) is 25.6. The molecule has 9 rings (SSSR count). The number of carbonyl (C=O) groups excluding carboxylic acids is 2. The third-order valence-corrected chi connectivity index (χ3v) is 9.93. The fourth-order valence-corrected chi connectivity index (χ4v) is 7.64. The Bertz CT molecular complexity index is 2210. The van der Waals surface area contributed by atoms with E-state index in [1.54, 1.807) is 31.2 Å². The second-order valence-corrected chi connectivity index (χ2v) is 13.4. The third kappa shape index (κ3) is 3.93. The van der Waals surface area contributed by atoms with Gasteiger partial charge in [-0.3, -0.25) is 14.5 Å². The van der Waals surface area contributed by atoms with E-state index in [4.69, 9.17) is 15.1 Å². The lowest BCUT2D eigenvalue weighted by atomic mass is 9.61. The SMILES string of the molecule is Cc1nc2cc(C3CC3)nn2c2nc(-c3ccc([C@]4(N5C(=O)c6ccccc6C5=O)C[C@](C)(O)C4)cc3)c(-c3ccccc3)cc12. The zero-order chi connectivity index (χ0) is 31.4. The van der Waals surface area contributed by atoms with Crippen LogP contribution in [0.5, 0.6) is 0 Å². The minimum absolute atomic E-state index is 0.265. The lowest BCUT2D eigenvalue weighted by molar-refractivity contribution is -0.118. The molecule has 0 bridgehead atoms. The minimum atomic E-state index is -0.991. The third-order valence-electron chi connectivity index (χ3n) is 9.93. The summed E-state index contributed by atoms with van der Waals surface area (Å²) in [6.45, 7) is 3.77. The van der Waals surface area contributed by atoms with Gasteiger partial charge < -0.3 is 5.11 Å². The Morgan fingerprint density at radius 1 is 0.783 bits per heavy atom. The number of nitrogens with zero attached hydrogens (tertiary/aromatic N) is 5. The Morgan fingerprint density at radius 3 is 2.07 bits per heavy atom. The van der Waals surface area contributed by atoms with Crippen LogP contribution in [0, 0.1) is 6.92 Å². The van der Waals surface area contributed by atoms with E-state index in [9.17, 15) is 14.7 Å². The van der Waals surface area contributed by atoms with E-state index in [1.165, 1.54) is 4.90 Å². The molecule has 46 heavy (non-hydrogen) atoms. The summed E-state index contributed by atoms with van der Waals surface area (Å²) in [5.41, 5.74) is 6.90. The number of rotatable bonds is 5.